The van der Waals surface area contributed by atoms with Crippen molar-refractivity contribution in [1.82, 2.24) is 14.9 Å². The number of nitrogens with one attached hydrogen (secondary N) is 2. The third-order valence-corrected chi connectivity index (χ3v) is 10.3. The van der Waals surface area contributed by atoms with Crippen molar-refractivity contribution in [3.05, 3.63) is 77.1 Å². The largest absolute Gasteiger partial charge is 0.380 e. The van der Waals surface area contributed by atoms with E-state index in [1.165, 1.54) is 29.2 Å². The number of carbonyl (C=O) groups is 1. The van der Waals surface area contributed by atoms with E-state index in [4.69, 9.17) is 9.72 Å². The van der Waals surface area contributed by atoms with E-state index in [0.29, 0.717) is 42.7 Å². The van der Waals surface area contributed by atoms with Crippen LogP contribution >= 0.6 is 0 Å². The van der Waals surface area contributed by atoms with Crippen LogP contribution in [-0.4, -0.2) is 68.6 Å². The highest BCUT2D eigenvalue weighted by atomic mass is 32.2. The second-order valence-electron chi connectivity index (χ2n) is 12.5. The zero-order valence-corrected chi connectivity index (χ0v) is 26.2. The van der Waals surface area contributed by atoms with E-state index < -0.39 is 32.8 Å². The second-order valence-corrected chi connectivity index (χ2v) is 14.2. The summed E-state index contributed by atoms with van der Waals surface area (Å²) in [6, 6.07) is 9.83. The molecule has 13 heteroatoms. The van der Waals surface area contributed by atoms with Crippen molar-refractivity contribution in [2.24, 2.45) is 0 Å². The maximum absolute atomic E-state index is 15.4. The maximum Gasteiger partial charge on any atom is 0.241 e. The van der Waals surface area contributed by atoms with Crippen molar-refractivity contribution in [1.29, 1.82) is 0 Å². The highest BCUT2D eigenvalue weighted by Gasteiger charge is 2.51. The topological polar surface area (TPSA) is 117 Å². The Balaban J connectivity index is 1.22. The van der Waals surface area contributed by atoms with Crippen LogP contribution in [0.3, 0.4) is 0 Å². The first kappa shape index (κ1) is 31.3. The van der Waals surface area contributed by atoms with E-state index in [-0.39, 0.29) is 36.5 Å². The van der Waals surface area contributed by atoms with Crippen LogP contribution in [-0.2, 0) is 37.3 Å². The molecule has 2 N–H and O–H groups in total. The van der Waals surface area contributed by atoms with Crippen molar-refractivity contribution in [2.75, 3.05) is 42.2 Å². The molecule has 3 heterocycles. The van der Waals surface area contributed by atoms with E-state index in [1.807, 2.05) is 0 Å². The van der Waals surface area contributed by atoms with Crippen LogP contribution in [0.2, 0.25) is 0 Å². The number of halogens is 2. The molecule has 1 saturated heterocycles. The number of hydrogen-bond donors (Lipinski definition) is 2. The molecule has 45 heavy (non-hydrogen) atoms. The van der Waals surface area contributed by atoms with Gasteiger partial charge in [0.15, 0.2) is 0 Å². The molecular formula is C32H38F2N6O4S. The van der Waals surface area contributed by atoms with Gasteiger partial charge < -0.3 is 19.9 Å². The lowest BCUT2D eigenvalue weighted by molar-refractivity contribution is -0.130. The molecule has 3 aromatic rings. The van der Waals surface area contributed by atoms with Crippen molar-refractivity contribution < 1.29 is 26.7 Å². The number of ether oxygens (including phenoxy) is 1. The average molecular weight is 641 g/mol. The average Bonchev–Trinajstić information content (AvgIpc) is 3.02. The standard InChI is InChI=1S/C32H38F2N6O4S/c1-39(2)25-10-8-24(9-11-25)36-31-35-17-22-18-40(30(41)32(29(22)37-31)14-3-15-44-20-32)26-12-13-28(27(34)16-26)38-45(42,43)19-21-4-6-23(33)7-5-21/h4-7,12-13,16-17,24-25,38H,3,8-11,14-15,18-20H2,1-2H3,(H,35,36,37). The van der Waals surface area contributed by atoms with Gasteiger partial charge >= 0.3 is 0 Å². The second kappa shape index (κ2) is 12.6. The molecule has 1 aromatic heterocycles. The van der Waals surface area contributed by atoms with Gasteiger partial charge in [0, 0.05) is 36.1 Å². The van der Waals surface area contributed by atoms with Crippen LogP contribution in [0.25, 0.3) is 0 Å². The van der Waals surface area contributed by atoms with E-state index in [2.05, 4.69) is 34.0 Å². The Morgan fingerprint density at radius 3 is 2.51 bits per heavy atom. The summed E-state index contributed by atoms with van der Waals surface area (Å²) in [6.07, 6.45) is 7.13. The molecule has 240 valence electrons. The fraction of sp³-hybridized carbons (Fsp3) is 0.469. The van der Waals surface area contributed by atoms with Crippen molar-refractivity contribution in [3.63, 3.8) is 0 Å². The summed E-state index contributed by atoms with van der Waals surface area (Å²) in [7, 11) is 0.231. The summed E-state index contributed by atoms with van der Waals surface area (Å²) in [5.74, 6) is -1.51. The van der Waals surface area contributed by atoms with Gasteiger partial charge in [-0.25, -0.2) is 27.2 Å². The molecule has 3 aliphatic rings. The van der Waals surface area contributed by atoms with Crippen LogP contribution in [0, 0.1) is 11.6 Å². The molecule has 1 spiro atoms. The predicted octanol–water partition coefficient (Wildman–Crippen LogP) is 4.58. The summed E-state index contributed by atoms with van der Waals surface area (Å²) in [4.78, 5) is 27.5. The van der Waals surface area contributed by atoms with E-state index in [0.717, 1.165) is 49.4 Å². The van der Waals surface area contributed by atoms with Gasteiger partial charge in [-0.15, -0.1) is 0 Å². The molecule has 0 radical (unpaired) electrons. The van der Waals surface area contributed by atoms with Crippen LogP contribution in [0.5, 0.6) is 0 Å². The Morgan fingerprint density at radius 2 is 1.84 bits per heavy atom. The normalized spacial score (nSPS) is 23.7. The Morgan fingerprint density at radius 1 is 1.09 bits per heavy atom. The number of sulfonamides is 1. The number of nitrogens with zero attached hydrogens (tertiary/aromatic N) is 4. The van der Waals surface area contributed by atoms with Crippen LogP contribution in [0.15, 0.2) is 48.7 Å². The number of anilines is 3. The lowest BCUT2D eigenvalue weighted by atomic mass is 9.74. The lowest BCUT2D eigenvalue weighted by Crippen LogP contribution is -2.56. The van der Waals surface area contributed by atoms with Gasteiger partial charge in [-0.05, 0) is 88.5 Å². The number of aromatic nitrogens is 2. The van der Waals surface area contributed by atoms with Gasteiger partial charge in [0.25, 0.3) is 0 Å². The molecule has 1 aliphatic carbocycles. The van der Waals surface area contributed by atoms with E-state index >= 15 is 4.39 Å². The fourth-order valence-electron chi connectivity index (χ4n) is 6.64. The van der Waals surface area contributed by atoms with Crippen LogP contribution in [0.4, 0.5) is 26.1 Å². The number of benzene rings is 2. The molecule has 2 aliphatic heterocycles. The molecule has 1 amide bonds. The fourth-order valence-corrected chi connectivity index (χ4v) is 7.85. The molecule has 1 atom stereocenters. The van der Waals surface area contributed by atoms with Gasteiger partial charge in [-0.1, -0.05) is 12.1 Å². The van der Waals surface area contributed by atoms with Crippen LogP contribution in [0.1, 0.15) is 55.3 Å². The van der Waals surface area contributed by atoms with Gasteiger partial charge in [-0.2, -0.15) is 0 Å². The Bertz CT molecular complexity index is 1660. The summed E-state index contributed by atoms with van der Waals surface area (Å²) in [5.41, 5.74) is 0.755. The van der Waals surface area contributed by atoms with Crippen LogP contribution < -0.4 is 14.9 Å². The first-order chi connectivity index (χ1) is 21.5. The zero-order valence-electron chi connectivity index (χ0n) is 25.4. The summed E-state index contributed by atoms with van der Waals surface area (Å²) >= 11 is 0. The van der Waals surface area contributed by atoms with Crippen molar-refractivity contribution >= 4 is 33.3 Å². The van der Waals surface area contributed by atoms with Crippen molar-refractivity contribution in [2.45, 2.75) is 68.3 Å². The number of rotatable bonds is 8. The molecule has 10 nitrogen and oxygen atoms in total. The molecule has 0 bridgehead atoms. The third kappa shape index (κ3) is 6.66. The Hall–Kier alpha value is -3.68. The van der Waals surface area contributed by atoms with Gasteiger partial charge in [0.05, 0.1) is 30.3 Å². The quantitative estimate of drug-likeness (QED) is 0.368. The van der Waals surface area contributed by atoms with E-state index in [9.17, 15) is 17.6 Å². The smallest absolute Gasteiger partial charge is 0.241 e. The number of carbonyl (C=O) groups excluding carboxylic acids is 1. The summed E-state index contributed by atoms with van der Waals surface area (Å²) in [6.45, 7) is 0.833. The van der Waals surface area contributed by atoms with Gasteiger partial charge in [0.2, 0.25) is 21.9 Å². The maximum atomic E-state index is 15.4. The lowest BCUT2D eigenvalue weighted by Gasteiger charge is -2.44. The molecule has 6 rings (SSSR count). The van der Waals surface area contributed by atoms with Gasteiger partial charge in [0.1, 0.15) is 17.0 Å². The molecule has 2 fully saturated rings. The van der Waals surface area contributed by atoms with Gasteiger partial charge in [-0.3, -0.25) is 9.52 Å². The monoisotopic (exact) mass is 640 g/mol. The Labute approximate surface area is 262 Å². The molecule has 2 aromatic carbocycles. The minimum atomic E-state index is -3.99. The number of fused-ring (bicyclic) bond motifs is 2. The summed E-state index contributed by atoms with van der Waals surface area (Å²) < 4.78 is 62.1. The molecule has 1 unspecified atom stereocenters. The first-order valence-corrected chi connectivity index (χ1v) is 16.9. The third-order valence-electron chi connectivity index (χ3n) is 9.10. The SMILES string of the molecule is CN(C)C1CCC(Nc2ncc3c(n2)C2(CCCOC2)C(=O)N(c2ccc(NS(=O)(=O)Cc4ccc(F)cc4)c(F)c2)C3)CC1. The number of amides is 1. The zero-order chi connectivity index (χ0) is 31.8. The van der Waals surface area contributed by atoms with E-state index in [1.54, 1.807) is 6.20 Å². The minimum Gasteiger partial charge on any atom is -0.380 e. The highest BCUT2D eigenvalue weighted by molar-refractivity contribution is 7.91. The predicted molar refractivity (Wildman–Crippen MR) is 167 cm³/mol. The molecular weight excluding hydrogens is 602 g/mol. The molecule has 1 saturated carbocycles. The minimum absolute atomic E-state index is 0.138. The Kier molecular flexibility index (Phi) is 8.77. The number of hydrogen-bond acceptors (Lipinski definition) is 8. The first-order valence-electron chi connectivity index (χ1n) is 15.3. The van der Waals surface area contributed by atoms with Crippen molar-refractivity contribution in [3.8, 4) is 0 Å². The summed E-state index contributed by atoms with van der Waals surface area (Å²) in [5, 5.41) is 3.49. The highest BCUT2D eigenvalue weighted by Crippen LogP contribution is 2.42.